The molecule has 9 nitrogen and oxygen atoms in total. The zero-order valence-electron chi connectivity index (χ0n) is 19.4. The average Bonchev–Trinajstić information content (AvgIpc) is 3.10. The Morgan fingerprint density at radius 3 is 2.06 bits per heavy atom. The molecule has 0 saturated heterocycles. The number of ether oxygens (including phenoxy) is 1. The third-order valence-electron chi connectivity index (χ3n) is 5.47. The molecule has 0 bridgehead atoms. The number of nitrogens with zero attached hydrogens (tertiary/aromatic N) is 1. The molecule has 0 aliphatic carbocycles. The molecule has 0 atom stereocenters. The highest BCUT2D eigenvalue weighted by Gasteiger charge is 2.34. The Labute approximate surface area is 207 Å². The maximum absolute atomic E-state index is 12.7. The van der Waals surface area contributed by atoms with Crippen molar-refractivity contribution in [1.82, 2.24) is 4.90 Å². The van der Waals surface area contributed by atoms with Crippen LogP contribution in [-0.4, -0.2) is 41.0 Å². The predicted octanol–water partition coefficient (Wildman–Crippen LogP) is 3.88. The zero-order valence-corrected chi connectivity index (χ0v) is 19.4. The van der Waals surface area contributed by atoms with Crippen molar-refractivity contribution in [3.05, 3.63) is 89.5 Å². The molecule has 0 aromatic heterocycles. The summed E-state index contributed by atoms with van der Waals surface area (Å²) in [5, 5.41) is 5.50. The van der Waals surface area contributed by atoms with Crippen LogP contribution in [0.3, 0.4) is 0 Å². The van der Waals surface area contributed by atoms with Crippen LogP contribution in [0.15, 0.2) is 72.8 Å². The Balaban J connectivity index is 1.34. The molecule has 0 radical (unpaired) electrons. The van der Waals surface area contributed by atoms with Gasteiger partial charge in [-0.3, -0.25) is 28.9 Å². The molecule has 3 aromatic carbocycles. The number of carbonyl (C=O) groups excluding carboxylic acids is 5. The maximum atomic E-state index is 12.7. The van der Waals surface area contributed by atoms with Gasteiger partial charge in [-0.15, -0.1) is 0 Å². The van der Waals surface area contributed by atoms with Crippen LogP contribution >= 0.6 is 0 Å². The SMILES string of the molecule is CC(=O)Oc1cccc(C(=O)Nc2ccccc2NC(=O)CCCN2C(=O)c3ccccc3C2=O)c1. The number of fused-ring (bicyclic) bond motifs is 1. The maximum Gasteiger partial charge on any atom is 0.308 e. The summed E-state index contributed by atoms with van der Waals surface area (Å²) in [5.41, 5.74) is 1.79. The summed E-state index contributed by atoms with van der Waals surface area (Å²) in [4.78, 5) is 62.5. The summed E-state index contributed by atoms with van der Waals surface area (Å²) < 4.78 is 5.02. The molecular formula is C27H23N3O6. The number of anilines is 2. The number of esters is 1. The molecular weight excluding hydrogens is 462 g/mol. The lowest BCUT2D eigenvalue weighted by molar-refractivity contribution is -0.131. The van der Waals surface area contributed by atoms with E-state index < -0.39 is 11.9 Å². The summed E-state index contributed by atoms with van der Waals surface area (Å²) in [6.07, 6.45) is 0.356. The quantitative estimate of drug-likeness (QED) is 0.284. The summed E-state index contributed by atoms with van der Waals surface area (Å²) >= 11 is 0. The van der Waals surface area contributed by atoms with E-state index in [-0.39, 0.29) is 48.4 Å². The first-order valence-corrected chi connectivity index (χ1v) is 11.3. The van der Waals surface area contributed by atoms with Crippen molar-refractivity contribution in [3.63, 3.8) is 0 Å². The first-order valence-electron chi connectivity index (χ1n) is 11.3. The summed E-state index contributed by atoms with van der Waals surface area (Å²) in [7, 11) is 0. The van der Waals surface area contributed by atoms with E-state index in [4.69, 9.17) is 4.74 Å². The largest absolute Gasteiger partial charge is 0.427 e. The van der Waals surface area contributed by atoms with Gasteiger partial charge in [-0.25, -0.2) is 0 Å². The Bertz CT molecular complexity index is 1330. The topological polar surface area (TPSA) is 122 Å². The van der Waals surface area contributed by atoms with Crippen molar-refractivity contribution in [1.29, 1.82) is 0 Å². The minimum absolute atomic E-state index is 0.0696. The number of nitrogens with one attached hydrogen (secondary N) is 2. The van der Waals surface area contributed by atoms with Crippen molar-refractivity contribution in [2.45, 2.75) is 19.8 Å². The number of carbonyl (C=O) groups is 5. The molecule has 36 heavy (non-hydrogen) atoms. The fraction of sp³-hybridized carbons (Fsp3) is 0.148. The van der Waals surface area contributed by atoms with Gasteiger partial charge in [0.05, 0.1) is 22.5 Å². The standard InChI is InChI=1S/C27H23N3O6/c1-17(31)36-19-9-6-8-18(16-19)25(33)29-23-13-5-4-12-22(23)28-24(32)14-7-15-30-26(34)20-10-2-3-11-21(20)27(30)35/h2-6,8-13,16H,7,14-15H2,1H3,(H,28,32)(H,29,33). The van der Waals surface area contributed by atoms with Crippen LogP contribution in [0.4, 0.5) is 11.4 Å². The van der Waals surface area contributed by atoms with Crippen molar-refractivity contribution in [2.75, 3.05) is 17.2 Å². The number of hydrogen-bond acceptors (Lipinski definition) is 6. The van der Waals surface area contributed by atoms with Gasteiger partial charge in [0.2, 0.25) is 5.91 Å². The third kappa shape index (κ3) is 5.47. The van der Waals surface area contributed by atoms with Crippen LogP contribution < -0.4 is 15.4 Å². The van der Waals surface area contributed by atoms with E-state index in [1.807, 2.05) is 0 Å². The van der Waals surface area contributed by atoms with Gasteiger partial charge < -0.3 is 15.4 Å². The summed E-state index contributed by atoms with van der Waals surface area (Å²) in [6.45, 7) is 1.39. The van der Waals surface area contributed by atoms with E-state index in [0.29, 0.717) is 22.5 Å². The zero-order chi connectivity index (χ0) is 25.7. The minimum atomic E-state index is -0.497. The van der Waals surface area contributed by atoms with Gasteiger partial charge in [0.1, 0.15) is 5.75 Å². The van der Waals surface area contributed by atoms with Gasteiger partial charge in [0, 0.05) is 25.5 Å². The lowest BCUT2D eigenvalue weighted by atomic mass is 10.1. The van der Waals surface area contributed by atoms with E-state index in [1.165, 1.54) is 13.0 Å². The summed E-state index contributed by atoms with van der Waals surface area (Å²) in [5.74, 6) is -1.75. The fourth-order valence-electron chi connectivity index (χ4n) is 3.82. The Morgan fingerprint density at radius 1 is 0.806 bits per heavy atom. The number of rotatable bonds is 8. The molecule has 9 heteroatoms. The van der Waals surface area contributed by atoms with Gasteiger partial charge in [-0.1, -0.05) is 30.3 Å². The van der Waals surface area contributed by atoms with E-state index >= 15 is 0 Å². The fourth-order valence-corrected chi connectivity index (χ4v) is 3.82. The molecule has 0 unspecified atom stereocenters. The summed E-state index contributed by atoms with van der Waals surface area (Å²) in [6, 6.07) is 19.5. The molecule has 0 fully saturated rings. The number of benzene rings is 3. The van der Waals surface area contributed by atoms with Gasteiger partial charge in [0.25, 0.3) is 17.7 Å². The number of amides is 4. The second kappa shape index (κ2) is 10.6. The van der Waals surface area contributed by atoms with Crippen LogP contribution in [-0.2, 0) is 9.59 Å². The number of hydrogen-bond donors (Lipinski definition) is 2. The second-order valence-corrected chi connectivity index (χ2v) is 8.08. The van der Waals surface area contributed by atoms with Crippen molar-refractivity contribution in [3.8, 4) is 5.75 Å². The Morgan fingerprint density at radius 2 is 1.42 bits per heavy atom. The Hall–Kier alpha value is -4.79. The molecule has 3 aromatic rings. The molecule has 2 N–H and O–H groups in total. The van der Waals surface area contributed by atoms with E-state index in [9.17, 15) is 24.0 Å². The van der Waals surface area contributed by atoms with Crippen LogP contribution in [0, 0.1) is 0 Å². The number of imide groups is 1. The van der Waals surface area contributed by atoms with Crippen LogP contribution in [0.5, 0.6) is 5.75 Å². The first-order chi connectivity index (χ1) is 17.3. The molecule has 1 aliphatic rings. The monoisotopic (exact) mass is 485 g/mol. The number of para-hydroxylation sites is 2. The third-order valence-corrected chi connectivity index (χ3v) is 5.47. The van der Waals surface area contributed by atoms with Crippen molar-refractivity contribution in [2.24, 2.45) is 0 Å². The second-order valence-electron chi connectivity index (χ2n) is 8.08. The van der Waals surface area contributed by atoms with Gasteiger partial charge in [0.15, 0.2) is 0 Å². The normalized spacial score (nSPS) is 12.2. The van der Waals surface area contributed by atoms with Crippen molar-refractivity contribution >= 4 is 41.0 Å². The highest BCUT2D eigenvalue weighted by molar-refractivity contribution is 6.21. The van der Waals surface area contributed by atoms with E-state index in [2.05, 4.69) is 10.6 Å². The molecule has 182 valence electrons. The van der Waals surface area contributed by atoms with Gasteiger partial charge >= 0.3 is 5.97 Å². The first kappa shape index (κ1) is 24.3. The molecule has 4 rings (SSSR count). The van der Waals surface area contributed by atoms with E-state index in [0.717, 1.165) is 4.90 Å². The molecule has 1 aliphatic heterocycles. The van der Waals surface area contributed by atoms with Gasteiger partial charge in [-0.05, 0) is 48.9 Å². The molecule has 4 amide bonds. The minimum Gasteiger partial charge on any atom is -0.427 e. The highest BCUT2D eigenvalue weighted by Crippen LogP contribution is 2.24. The van der Waals surface area contributed by atoms with Gasteiger partial charge in [-0.2, -0.15) is 0 Å². The van der Waals surface area contributed by atoms with Crippen LogP contribution in [0.25, 0.3) is 0 Å². The lowest BCUT2D eigenvalue weighted by Crippen LogP contribution is -2.31. The highest BCUT2D eigenvalue weighted by atomic mass is 16.5. The molecule has 0 spiro atoms. The predicted molar refractivity (Wildman–Crippen MR) is 132 cm³/mol. The van der Waals surface area contributed by atoms with Crippen LogP contribution in [0.1, 0.15) is 50.8 Å². The average molecular weight is 485 g/mol. The van der Waals surface area contributed by atoms with Crippen LogP contribution in [0.2, 0.25) is 0 Å². The molecule has 0 saturated carbocycles. The van der Waals surface area contributed by atoms with E-state index in [1.54, 1.807) is 66.7 Å². The lowest BCUT2D eigenvalue weighted by Gasteiger charge is -2.15. The smallest absolute Gasteiger partial charge is 0.308 e. The Kier molecular flexibility index (Phi) is 7.20. The van der Waals surface area contributed by atoms with Crippen molar-refractivity contribution < 1.29 is 28.7 Å². The molecule has 1 heterocycles.